The van der Waals surface area contributed by atoms with E-state index in [1.165, 1.54) is 16.7 Å². The number of ether oxygens (including phenoxy) is 3. The Morgan fingerprint density at radius 1 is 1.00 bits per heavy atom. The molecular formula is C18H25NO4. The van der Waals surface area contributed by atoms with E-state index in [1.54, 1.807) is 0 Å². The maximum atomic E-state index is 10.6. The van der Waals surface area contributed by atoms with E-state index < -0.39 is 0 Å². The van der Waals surface area contributed by atoms with Gasteiger partial charge in [-0.05, 0) is 29.2 Å². The Morgan fingerprint density at radius 3 is 2.13 bits per heavy atom. The number of hydrogen-bond donors (Lipinski definition) is 2. The number of hydrogen-bond acceptors (Lipinski definition) is 5. The first-order valence-corrected chi connectivity index (χ1v) is 8.69. The van der Waals surface area contributed by atoms with Crippen LogP contribution in [0.4, 0.5) is 5.69 Å². The second-order valence-corrected chi connectivity index (χ2v) is 6.79. The molecule has 0 amide bonds. The fraction of sp³-hybridized carbons (Fsp3) is 0.667. The molecular weight excluding hydrogens is 294 g/mol. The van der Waals surface area contributed by atoms with Crippen molar-refractivity contribution in [3.05, 3.63) is 22.8 Å². The van der Waals surface area contributed by atoms with Crippen LogP contribution in [0.25, 0.3) is 0 Å². The van der Waals surface area contributed by atoms with Crippen molar-refractivity contribution < 1.29 is 19.3 Å². The smallest absolute Gasteiger partial charge is 0.139 e. The van der Waals surface area contributed by atoms with Gasteiger partial charge in [0, 0.05) is 25.8 Å². The highest BCUT2D eigenvalue weighted by Crippen LogP contribution is 2.38. The van der Waals surface area contributed by atoms with Crippen molar-refractivity contribution in [3.8, 4) is 5.75 Å². The van der Waals surface area contributed by atoms with Crippen LogP contribution in [0, 0.1) is 0 Å². The quantitative estimate of drug-likeness (QED) is 0.538. The number of aromatic hydroxyl groups is 1. The summed E-state index contributed by atoms with van der Waals surface area (Å²) in [6, 6.07) is 1.93. The Bertz CT molecular complexity index is 577. The summed E-state index contributed by atoms with van der Waals surface area (Å²) in [4.78, 5) is 0. The summed E-state index contributed by atoms with van der Waals surface area (Å²) in [5, 5.41) is 14.0. The molecule has 1 aromatic rings. The third-order valence-electron chi connectivity index (χ3n) is 4.69. The molecule has 126 valence electrons. The molecule has 0 aromatic heterocycles. The van der Waals surface area contributed by atoms with E-state index in [0.29, 0.717) is 24.1 Å². The third kappa shape index (κ3) is 3.79. The van der Waals surface area contributed by atoms with Crippen molar-refractivity contribution >= 4 is 5.69 Å². The fourth-order valence-corrected chi connectivity index (χ4v) is 3.19. The first-order valence-electron chi connectivity index (χ1n) is 8.69. The molecule has 3 atom stereocenters. The van der Waals surface area contributed by atoms with E-state index in [4.69, 9.17) is 14.2 Å². The van der Waals surface area contributed by atoms with E-state index in [-0.39, 0.29) is 0 Å². The van der Waals surface area contributed by atoms with Gasteiger partial charge in [0.05, 0.1) is 43.8 Å². The largest absolute Gasteiger partial charge is 0.506 e. The minimum Gasteiger partial charge on any atom is -0.506 e. The van der Waals surface area contributed by atoms with Crippen LogP contribution in [0.3, 0.4) is 0 Å². The molecule has 0 aliphatic carbocycles. The molecule has 3 unspecified atom stereocenters. The number of anilines is 1. The first kappa shape index (κ1) is 15.2. The van der Waals surface area contributed by atoms with Crippen LogP contribution in [0.1, 0.15) is 30.0 Å². The lowest BCUT2D eigenvalue weighted by Crippen LogP contribution is -2.13. The van der Waals surface area contributed by atoms with Gasteiger partial charge in [0.15, 0.2) is 0 Å². The summed E-state index contributed by atoms with van der Waals surface area (Å²) < 4.78 is 16.3. The molecule has 5 heteroatoms. The van der Waals surface area contributed by atoms with Gasteiger partial charge in [-0.15, -0.1) is 0 Å². The molecule has 3 aliphatic heterocycles. The summed E-state index contributed by atoms with van der Waals surface area (Å²) >= 11 is 0. The predicted octanol–water partition coefficient (Wildman–Crippen LogP) is 2.04. The molecule has 3 heterocycles. The van der Waals surface area contributed by atoms with Crippen molar-refractivity contribution in [2.45, 2.75) is 50.9 Å². The van der Waals surface area contributed by atoms with Crippen LogP contribution in [0.15, 0.2) is 6.07 Å². The van der Waals surface area contributed by atoms with E-state index in [9.17, 15) is 5.11 Å². The van der Waals surface area contributed by atoms with Gasteiger partial charge in [-0.3, -0.25) is 0 Å². The molecule has 0 saturated carbocycles. The van der Waals surface area contributed by atoms with Crippen LogP contribution in [-0.2, 0) is 33.5 Å². The lowest BCUT2D eigenvalue weighted by Gasteiger charge is -2.20. The molecule has 0 radical (unpaired) electrons. The zero-order valence-corrected chi connectivity index (χ0v) is 13.6. The Labute approximate surface area is 136 Å². The minimum absolute atomic E-state index is 0.294. The molecule has 0 bridgehead atoms. The normalized spacial score (nSPS) is 27.8. The van der Waals surface area contributed by atoms with Crippen LogP contribution >= 0.6 is 0 Å². The minimum atomic E-state index is 0.294. The fourth-order valence-electron chi connectivity index (χ4n) is 3.19. The Kier molecular flexibility index (Phi) is 4.18. The number of nitrogens with one attached hydrogen (secondary N) is 1. The molecule has 23 heavy (non-hydrogen) atoms. The topological polar surface area (TPSA) is 69.8 Å². The van der Waals surface area contributed by atoms with Gasteiger partial charge >= 0.3 is 0 Å². The molecule has 4 rings (SSSR count). The Balaban J connectivity index is 1.70. The summed E-state index contributed by atoms with van der Waals surface area (Å²) in [7, 11) is 0. The standard InChI is InChI=1S/C18H25NO4/c1-2-3-19-18-16(7-14-10-23-14)15(6-13-9-22-13)11(5-17(18)20)4-12-8-21-12/h5,12-14,19-20H,2-4,6-10H2,1H3. The number of phenolic OH excluding ortho intramolecular Hbond substituents is 1. The van der Waals surface area contributed by atoms with Crippen LogP contribution in [0.5, 0.6) is 5.75 Å². The van der Waals surface area contributed by atoms with Crippen molar-refractivity contribution in [2.75, 3.05) is 31.7 Å². The van der Waals surface area contributed by atoms with E-state index >= 15 is 0 Å². The van der Waals surface area contributed by atoms with Crippen molar-refractivity contribution in [3.63, 3.8) is 0 Å². The average Bonchev–Trinajstić information content (AvgIpc) is 3.32. The zero-order chi connectivity index (χ0) is 15.8. The van der Waals surface area contributed by atoms with Gasteiger partial charge < -0.3 is 24.6 Å². The first-order chi connectivity index (χ1) is 11.2. The highest BCUT2D eigenvalue weighted by atomic mass is 16.6. The monoisotopic (exact) mass is 319 g/mol. The van der Waals surface area contributed by atoms with Gasteiger partial charge in [-0.2, -0.15) is 0 Å². The van der Waals surface area contributed by atoms with Crippen LogP contribution < -0.4 is 5.32 Å². The molecule has 2 N–H and O–H groups in total. The molecule has 5 nitrogen and oxygen atoms in total. The van der Waals surface area contributed by atoms with Crippen LogP contribution in [0.2, 0.25) is 0 Å². The van der Waals surface area contributed by atoms with E-state index in [2.05, 4.69) is 12.2 Å². The summed E-state index contributed by atoms with van der Waals surface area (Å²) in [6.07, 6.45) is 4.62. The Morgan fingerprint density at radius 2 is 1.57 bits per heavy atom. The van der Waals surface area contributed by atoms with Crippen molar-refractivity contribution in [2.24, 2.45) is 0 Å². The molecule has 3 fully saturated rings. The van der Waals surface area contributed by atoms with Crippen LogP contribution in [-0.4, -0.2) is 49.8 Å². The van der Waals surface area contributed by atoms with Gasteiger partial charge in [0.1, 0.15) is 5.75 Å². The van der Waals surface area contributed by atoms with Crippen molar-refractivity contribution in [1.82, 2.24) is 0 Å². The summed E-state index contributed by atoms with van der Waals surface area (Å²) in [5.41, 5.74) is 4.64. The third-order valence-corrected chi connectivity index (χ3v) is 4.69. The molecule has 3 aliphatic rings. The number of epoxide rings is 3. The lowest BCUT2D eigenvalue weighted by atomic mass is 9.90. The summed E-state index contributed by atoms with van der Waals surface area (Å²) in [5.74, 6) is 0.352. The van der Waals surface area contributed by atoms with Gasteiger partial charge in [-0.1, -0.05) is 6.92 Å². The maximum Gasteiger partial charge on any atom is 0.139 e. The van der Waals surface area contributed by atoms with Crippen molar-refractivity contribution in [1.29, 1.82) is 0 Å². The molecule has 3 saturated heterocycles. The highest BCUT2D eigenvalue weighted by Gasteiger charge is 2.33. The number of phenols is 1. The van der Waals surface area contributed by atoms with Gasteiger partial charge in [0.2, 0.25) is 0 Å². The maximum absolute atomic E-state index is 10.6. The molecule has 0 spiro atoms. The second-order valence-electron chi connectivity index (χ2n) is 6.79. The lowest BCUT2D eigenvalue weighted by molar-refractivity contribution is 0.397. The Hall–Kier alpha value is -1.30. The van der Waals surface area contributed by atoms with E-state index in [0.717, 1.165) is 57.7 Å². The number of rotatable bonds is 9. The highest BCUT2D eigenvalue weighted by molar-refractivity contribution is 5.67. The second kappa shape index (κ2) is 6.30. The summed E-state index contributed by atoms with van der Waals surface area (Å²) in [6.45, 7) is 5.49. The zero-order valence-electron chi connectivity index (χ0n) is 13.6. The SMILES string of the molecule is CCCNc1c(O)cc(CC2CO2)c(CC2CO2)c1CC1CO1. The van der Waals surface area contributed by atoms with Gasteiger partial charge in [-0.25, -0.2) is 0 Å². The van der Waals surface area contributed by atoms with Gasteiger partial charge in [0.25, 0.3) is 0 Å². The molecule has 1 aromatic carbocycles. The average molecular weight is 319 g/mol. The van der Waals surface area contributed by atoms with E-state index in [1.807, 2.05) is 6.07 Å². The predicted molar refractivity (Wildman–Crippen MR) is 87.2 cm³/mol. The number of benzene rings is 1.